The number of methoxy groups -OCH3 is 1. The molecule has 1 aliphatic rings. The Bertz CT molecular complexity index is 671. The van der Waals surface area contributed by atoms with Gasteiger partial charge in [0.05, 0.1) is 11.5 Å². The molecule has 0 aromatic heterocycles. The topological polar surface area (TPSA) is 83.9 Å². The van der Waals surface area contributed by atoms with Crippen molar-refractivity contribution in [2.75, 3.05) is 39.7 Å². The van der Waals surface area contributed by atoms with E-state index in [1.165, 1.54) is 12.1 Å². The minimum Gasteiger partial charge on any atom is -0.396 e. The molecule has 0 spiro atoms. The highest BCUT2D eigenvalue weighted by Crippen LogP contribution is 2.33. The van der Waals surface area contributed by atoms with Crippen molar-refractivity contribution in [3.05, 3.63) is 29.8 Å². The van der Waals surface area contributed by atoms with Crippen molar-refractivity contribution in [1.82, 2.24) is 4.90 Å². The third-order valence-electron chi connectivity index (χ3n) is 4.65. The number of hydrogen-bond acceptors (Lipinski definition) is 5. The summed E-state index contributed by atoms with van der Waals surface area (Å²) in [5, 5.41) is 9.80. The average Bonchev–Trinajstić information content (AvgIpc) is 2.59. The van der Waals surface area contributed by atoms with Crippen LogP contribution in [0.5, 0.6) is 0 Å². The van der Waals surface area contributed by atoms with E-state index >= 15 is 0 Å². The van der Waals surface area contributed by atoms with Gasteiger partial charge in [0, 0.05) is 44.0 Å². The molecule has 1 aromatic carbocycles. The number of likely N-dealkylation sites (tertiary alicyclic amines) is 1. The first-order chi connectivity index (χ1) is 11.3. The summed E-state index contributed by atoms with van der Waals surface area (Å²) < 4.78 is 28.1. The van der Waals surface area contributed by atoms with Crippen LogP contribution in [0.3, 0.4) is 0 Å². The molecule has 0 bridgehead atoms. The highest BCUT2D eigenvalue weighted by molar-refractivity contribution is 7.90. The summed E-state index contributed by atoms with van der Waals surface area (Å²) >= 11 is 0. The summed E-state index contributed by atoms with van der Waals surface area (Å²) in [5.41, 5.74) is 0.138. The number of aliphatic hydroxyl groups excluding tert-OH is 1. The Labute approximate surface area is 143 Å². The molecule has 1 saturated heterocycles. The van der Waals surface area contributed by atoms with Gasteiger partial charge >= 0.3 is 0 Å². The van der Waals surface area contributed by atoms with Gasteiger partial charge in [0.2, 0.25) is 0 Å². The number of aliphatic hydroxyl groups is 1. The van der Waals surface area contributed by atoms with Gasteiger partial charge in [-0.05, 0) is 43.5 Å². The number of nitrogens with zero attached hydrogens (tertiary/aromatic N) is 1. The molecule has 0 unspecified atom stereocenters. The number of rotatable bonds is 6. The molecule has 1 atom stereocenters. The van der Waals surface area contributed by atoms with Crippen LogP contribution < -0.4 is 0 Å². The lowest BCUT2D eigenvalue weighted by atomic mass is 9.78. The van der Waals surface area contributed by atoms with Crippen LogP contribution in [0.4, 0.5) is 0 Å². The number of ether oxygens (including phenoxy) is 1. The molecule has 1 fully saturated rings. The minimum atomic E-state index is -3.27. The highest BCUT2D eigenvalue weighted by atomic mass is 32.2. The van der Waals surface area contributed by atoms with Crippen molar-refractivity contribution in [3.63, 3.8) is 0 Å². The molecule has 134 valence electrons. The lowest BCUT2D eigenvalue weighted by Gasteiger charge is -2.41. The summed E-state index contributed by atoms with van der Waals surface area (Å²) in [4.78, 5) is 14.6. The number of carbonyl (C=O) groups excluding carboxylic acids is 1. The van der Waals surface area contributed by atoms with Gasteiger partial charge in [-0.2, -0.15) is 0 Å². The van der Waals surface area contributed by atoms with Gasteiger partial charge in [0.15, 0.2) is 9.84 Å². The Balaban J connectivity index is 2.14. The van der Waals surface area contributed by atoms with Crippen LogP contribution >= 0.6 is 0 Å². The molecule has 0 saturated carbocycles. The molecular formula is C17H25NO5S. The third kappa shape index (κ3) is 4.34. The van der Waals surface area contributed by atoms with Crippen molar-refractivity contribution in [3.8, 4) is 0 Å². The Morgan fingerprint density at radius 1 is 1.33 bits per heavy atom. The molecule has 1 heterocycles. The lowest BCUT2D eigenvalue weighted by Crippen LogP contribution is -2.48. The summed E-state index contributed by atoms with van der Waals surface area (Å²) in [6.07, 6.45) is 3.54. The van der Waals surface area contributed by atoms with Crippen LogP contribution in [0.1, 0.15) is 29.6 Å². The van der Waals surface area contributed by atoms with Crippen LogP contribution in [0.15, 0.2) is 29.2 Å². The van der Waals surface area contributed by atoms with Crippen molar-refractivity contribution in [1.29, 1.82) is 0 Å². The van der Waals surface area contributed by atoms with Crippen molar-refractivity contribution in [2.24, 2.45) is 5.41 Å². The van der Waals surface area contributed by atoms with E-state index in [-0.39, 0.29) is 22.8 Å². The van der Waals surface area contributed by atoms with E-state index in [9.17, 15) is 18.3 Å². The largest absolute Gasteiger partial charge is 0.396 e. The van der Waals surface area contributed by atoms with Gasteiger partial charge < -0.3 is 14.7 Å². The van der Waals surface area contributed by atoms with Gasteiger partial charge in [0.25, 0.3) is 5.91 Å². The predicted molar refractivity (Wildman–Crippen MR) is 90.7 cm³/mol. The second kappa shape index (κ2) is 7.63. The number of piperidine rings is 1. The molecular weight excluding hydrogens is 330 g/mol. The zero-order chi connectivity index (χ0) is 17.8. The van der Waals surface area contributed by atoms with Gasteiger partial charge in [-0.3, -0.25) is 4.79 Å². The zero-order valence-corrected chi connectivity index (χ0v) is 15.0. The number of hydrogen-bond donors (Lipinski definition) is 1. The maximum atomic E-state index is 12.7. The summed E-state index contributed by atoms with van der Waals surface area (Å²) in [6, 6.07) is 6.00. The molecule has 1 aromatic rings. The first kappa shape index (κ1) is 18.9. The van der Waals surface area contributed by atoms with Crippen LogP contribution in [-0.2, 0) is 14.6 Å². The van der Waals surface area contributed by atoms with Crippen molar-refractivity contribution in [2.45, 2.75) is 24.2 Å². The molecule has 7 heteroatoms. The van der Waals surface area contributed by atoms with E-state index in [2.05, 4.69) is 0 Å². The quantitative estimate of drug-likeness (QED) is 0.832. The zero-order valence-electron chi connectivity index (χ0n) is 14.2. The number of benzene rings is 1. The summed E-state index contributed by atoms with van der Waals surface area (Å²) in [6.45, 7) is 1.69. The molecule has 2 rings (SSSR count). The summed E-state index contributed by atoms with van der Waals surface area (Å²) in [5.74, 6) is -0.134. The standard InChI is InChI=1S/C17H25NO5S/c1-23-11-9-17(13-19)8-3-10-18(12-17)16(20)14-4-6-15(7-5-14)24(2,21)22/h4-7,19H,3,8-13H2,1-2H3/t17-/m0/s1. The van der Waals surface area contributed by atoms with E-state index < -0.39 is 9.84 Å². The van der Waals surface area contributed by atoms with E-state index in [1.807, 2.05) is 0 Å². The molecule has 1 N–H and O–H groups in total. The Hall–Kier alpha value is -1.44. The predicted octanol–water partition coefficient (Wildman–Crippen LogP) is 1.34. The highest BCUT2D eigenvalue weighted by Gasteiger charge is 2.36. The van der Waals surface area contributed by atoms with Crippen LogP contribution in [0.25, 0.3) is 0 Å². The minimum absolute atomic E-state index is 0.0210. The Kier molecular flexibility index (Phi) is 6.01. The monoisotopic (exact) mass is 355 g/mol. The summed E-state index contributed by atoms with van der Waals surface area (Å²) in [7, 11) is -1.65. The van der Waals surface area contributed by atoms with Gasteiger partial charge in [-0.15, -0.1) is 0 Å². The van der Waals surface area contributed by atoms with Gasteiger partial charge in [0.1, 0.15) is 0 Å². The second-order valence-electron chi connectivity index (χ2n) is 6.53. The van der Waals surface area contributed by atoms with Gasteiger partial charge in [-0.25, -0.2) is 8.42 Å². The van der Waals surface area contributed by atoms with Crippen molar-refractivity contribution >= 4 is 15.7 Å². The molecule has 1 amide bonds. The SMILES string of the molecule is COCC[C@@]1(CO)CCCN(C(=O)c2ccc(S(C)(=O)=O)cc2)C1. The fourth-order valence-electron chi connectivity index (χ4n) is 3.14. The van der Waals surface area contributed by atoms with E-state index in [1.54, 1.807) is 24.1 Å². The fraction of sp³-hybridized carbons (Fsp3) is 0.588. The van der Waals surface area contributed by atoms with Crippen molar-refractivity contribution < 1.29 is 23.1 Å². The van der Waals surface area contributed by atoms with E-state index in [0.717, 1.165) is 19.1 Å². The first-order valence-corrected chi connectivity index (χ1v) is 9.90. The number of sulfone groups is 1. The van der Waals surface area contributed by atoms with E-state index in [0.29, 0.717) is 31.7 Å². The van der Waals surface area contributed by atoms with Gasteiger partial charge in [-0.1, -0.05) is 0 Å². The van der Waals surface area contributed by atoms with E-state index in [4.69, 9.17) is 4.74 Å². The smallest absolute Gasteiger partial charge is 0.253 e. The third-order valence-corrected chi connectivity index (χ3v) is 5.78. The lowest BCUT2D eigenvalue weighted by molar-refractivity contribution is 0.00898. The Morgan fingerprint density at radius 3 is 2.54 bits per heavy atom. The number of amides is 1. The maximum absolute atomic E-state index is 12.7. The molecule has 0 aliphatic carbocycles. The average molecular weight is 355 g/mol. The second-order valence-corrected chi connectivity index (χ2v) is 8.54. The van der Waals surface area contributed by atoms with Crippen LogP contribution in [-0.4, -0.2) is 64.0 Å². The molecule has 0 radical (unpaired) electrons. The molecule has 1 aliphatic heterocycles. The maximum Gasteiger partial charge on any atom is 0.253 e. The fourth-order valence-corrected chi connectivity index (χ4v) is 3.77. The normalized spacial score (nSPS) is 21.7. The van der Waals surface area contributed by atoms with Crippen LogP contribution in [0.2, 0.25) is 0 Å². The number of carbonyl (C=O) groups is 1. The Morgan fingerprint density at radius 2 is 2.00 bits per heavy atom. The molecule has 24 heavy (non-hydrogen) atoms. The molecule has 6 nitrogen and oxygen atoms in total. The first-order valence-electron chi connectivity index (χ1n) is 8.00. The van der Waals surface area contributed by atoms with Crippen LogP contribution in [0, 0.1) is 5.41 Å².